The molecule has 1 atom stereocenters. The molecule has 1 aromatic heterocycles. The van der Waals surface area contributed by atoms with E-state index in [1.54, 1.807) is 0 Å². The number of aromatic amines is 1. The van der Waals surface area contributed by atoms with Gasteiger partial charge in [-0.15, -0.1) is 0 Å². The van der Waals surface area contributed by atoms with Gasteiger partial charge in [0.25, 0.3) is 5.56 Å². The summed E-state index contributed by atoms with van der Waals surface area (Å²) in [6, 6.07) is 8.84. The van der Waals surface area contributed by atoms with Gasteiger partial charge in [-0.1, -0.05) is 24.3 Å². The number of aliphatic hydroxyl groups excluding tert-OH is 1. The molecular formula is C19H24FN3O2. The normalized spacial score (nSPS) is 17.6. The maximum absolute atomic E-state index is 13.4. The molecule has 134 valence electrons. The lowest BCUT2D eigenvalue weighted by Crippen LogP contribution is -2.37. The summed E-state index contributed by atoms with van der Waals surface area (Å²) in [5, 5.41) is 9.54. The fourth-order valence-electron chi connectivity index (χ4n) is 3.18. The van der Waals surface area contributed by atoms with E-state index >= 15 is 0 Å². The third-order valence-corrected chi connectivity index (χ3v) is 4.84. The number of aliphatic hydroxyl groups is 1. The molecule has 5 nitrogen and oxygen atoms in total. The van der Waals surface area contributed by atoms with E-state index in [-0.39, 0.29) is 12.1 Å². The molecule has 0 spiro atoms. The number of pyridine rings is 1. The number of nitrogens with two attached hydrogens (primary N) is 1. The molecule has 6 heteroatoms. The van der Waals surface area contributed by atoms with E-state index < -0.39 is 11.4 Å². The fourth-order valence-corrected chi connectivity index (χ4v) is 3.18. The van der Waals surface area contributed by atoms with Gasteiger partial charge in [-0.3, -0.25) is 4.79 Å². The van der Waals surface area contributed by atoms with E-state index in [0.29, 0.717) is 5.56 Å². The average molecular weight is 345 g/mol. The SMILES string of the molecule is N[C@H](CCN1CCC(O)CC1)c1ccc(-c2c[nH]c(=O)c(F)c2)cc1. The van der Waals surface area contributed by atoms with Crippen molar-refractivity contribution in [1.29, 1.82) is 0 Å². The maximum atomic E-state index is 13.4. The molecule has 3 rings (SSSR count). The van der Waals surface area contributed by atoms with Gasteiger partial charge in [-0.2, -0.15) is 0 Å². The van der Waals surface area contributed by atoms with Crippen LogP contribution in [0.25, 0.3) is 11.1 Å². The summed E-state index contributed by atoms with van der Waals surface area (Å²) in [7, 11) is 0. The van der Waals surface area contributed by atoms with Crippen molar-refractivity contribution in [2.75, 3.05) is 19.6 Å². The zero-order valence-electron chi connectivity index (χ0n) is 14.1. The minimum absolute atomic E-state index is 0.0618. The van der Waals surface area contributed by atoms with Crippen LogP contribution in [0.4, 0.5) is 4.39 Å². The third kappa shape index (κ3) is 4.54. The molecule has 1 aromatic carbocycles. The van der Waals surface area contributed by atoms with Crippen molar-refractivity contribution in [2.45, 2.75) is 31.4 Å². The lowest BCUT2D eigenvalue weighted by atomic mass is 9.99. The van der Waals surface area contributed by atoms with Crippen LogP contribution in [0.3, 0.4) is 0 Å². The number of rotatable bonds is 5. The minimum Gasteiger partial charge on any atom is -0.393 e. The summed E-state index contributed by atoms with van der Waals surface area (Å²) < 4.78 is 13.4. The highest BCUT2D eigenvalue weighted by Gasteiger charge is 2.17. The second-order valence-electron chi connectivity index (χ2n) is 6.66. The van der Waals surface area contributed by atoms with Gasteiger partial charge in [0.2, 0.25) is 0 Å². The molecule has 1 aliphatic rings. The van der Waals surface area contributed by atoms with E-state index in [1.807, 2.05) is 24.3 Å². The first-order valence-corrected chi connectivity index (χ1v) is 8.67. The van der Waals surface area contributed by atoms with E-state index in [1.165, 1.54) is 12.3 Å². The predicted molar refractivity (Wildman–Crippen MR) is 95.7 cm³/mol. The summed E-state index contributed by atoms with van der Waals surface area (Å²) in [6.45, 7) is 2.76. The van der Waals surface area contributed by atoms with Crippen LogP contribution >= 0.6 is 0 Å². The Morgan fingerprint density at radius 3 is 2.56 bits per heavy atom. The quantitative estimate of drug-likeness (QED) is 0.774. The van der Waals surface area contributed by atoms with Crippen LogP contribution in [0.1, 0.15) is 30.9 Å². The fraction of sp³-hybridized carbons (Fsp3) is 0.421. The first-order chi connectivity index (χ1) is 12.0. The first-order valence-electron chi connectivity index (χ1n) is 8.67. The van der Waals surface area contributed by atoms with Crippen molar-refractivity contribution in [3.05, 3.63) is 58.3 Å². The molecule has 0 bridgehead atoms. The van der Waals surface area contributed by atoms with Crippen molar-refractivity contribution in [1.82, 2.24) is 9.88 Å². The van der Waals surface area contributed by atoms with Crippen LogP contribution in [0.5, 0.6) is 0 Å². The van der Waals surface area contributed by atoms with Gasteiger partial charge in [0, 0.05) is 30.9 Å². The molecule has 2 heterocycles. The topological polar surface area (TPSA) is 82.3 Å². The van der Waals surface area contributed by atoms with Crippen LogP contribution in [0.2, 0.25) is 0 Å². The zero-order chi connectivity index (χ0) is 17.8. The first kappa shape index (κ1) is 17.8. The molecule has 1 fully saturated rings. The van der Waals surface area contributed by atoms with Crippen molar-refractivity contribution in [3.8, 4) is 11.1 Å². The van der Waals surface area contributed by atoms with Gasteiger partial charge < -0.3 is 20.7 Å². The highest BCUT2D eigenvalue weighted by atomic mass is 19.1. The van der Waals surface area contributed by atoms with Crippen molar-refractivity contribution >= 4 is 0 Å². The van der Waals surface area contributed by atoms with Gasteiger partial charge in [-0.05, 0) is 43.0 Å². The average Bonchev–Trinajstić information content (AvgIpc) is 2.63. The van der Waals surface area contributed by atoms with Gasteiger partial charge in [0.15, 0.2) is 5.82 Å². The number of likely N-dealkylation sites (tertiary alicyclic amines) is 1. The largest absolute Gasteiger partial charge is 0.393 e. The number of halogens is 1. The molecule has 4 N–H and O–H groups in total. The second kappa shape index (κ2) is 7.91. The van der Waals surface area contributed by atoms with Crippen molar-refractivity contribution in [3.63, 3.8) is 0 Å². The lowest BCUT2D eigenvalue weighted by Gasteiger charge is -2.30. The number of H-pyrrole nitrogens is 1. The Kier molecular flexibility index (Phi) is 5.63. The molecule has 1 saturated heterocycles. The number of nitrogens with zero attached hydrogens (tertiary/aromatic N) is 1. The molecule has 1 aliphatic heterocycles. The summed E-state index contributed by atoms with van der Waals surface area (Å²) in [5.41, 5.74) is 8.07. The third-order valence-electron chi connectivity index (χ3n) is 4.84. The highest BCUT2D eigenvalue weighted by molar-refractivity contribution is 5.62. The Morgan fingerprint density at radius 2 is 1.92 bits per heavy atom. The number of hydrogen-bond donors (Lipinski definition) is 3. The Morgan fingerprint density at radius 1 is 1.24 bits per heavy atom. The van der Waals surface area contributed by atoms with Gasteiger partial charge >= 0.3 is 0 Å². The molecular weight excluding hydrogens is 321 g/mol. The van der Waals surface area contributed by atoms with Crippen LogP contribution in [-0.4, -0.2) is 40.7 Å². The molecule has 2 aromatic rings. The minimum atomic E-state index is -0.787. The van der Waals surface area contributed by atoms with Crippen LogP contribution in [0, 0.1) is 5.82 Å². The van der Waals surface area contributed by atoms with Gasteiger partial charge in [0.05, 0.1) is 6.10 Å². The van der Waals surface area contributed by atoms with Crippen LogP contribution < -0.4 is 11.3 Å². The molecule has 25 heavy (non-hydrogen) atoms. The van der Waals surface area contributed by atoms with Gasteiger partial charge in [0.1, 0.15) is 0 Å². The smallest absolute Gasteiger partial charge is 0.283 e. The Hall–Kier alpha value is -2.02. The van der Waals surface area contributed by atoms with E-state index in [9.17, 15) is 14.3 Å². The monoisotopic (exact) mass is 345 g/mol. The van der Waals surface area contributed by atoms with E-state index in [2.05, 4.69) is 9.88 Å². The number of hydrogen-bond acceptors (Lipinski definition) is 4. The molecule has 0 radical (unpaired) electrons. The van der Waals surface area contributed by atoms with Crippen LogP contribution in [-0.2, 0) is 0 Å². The summed E-state index contributed by atoms with van der Waals surface area (Å²) in [6.07, 6.45) is 3.86. The van der Waals surface area contributed by atoms with E-state index in [0.717, 1.165) is 50.0 Å². The van der Waals surface area contributed by atoms with Crippen molar-refractivity contribution < 1.29 is 9.50 Å². The Bertz CT molecular complexity index is 752. The number of piperidine rings is 1. The maximum Gasteiger partial charge on any atom is 0.283 e. The summed E-state index contributed by atoms with van der Waals surface area (Å²) in [5.74, 6) is -0.787. The summed E-state index contributed by atoms with van der Waals surface area (Å²) in [4.78, 5) is 15.8. The molecule has 0 amide bonds. The molecule has 0 saturated carbocycles. The summed E-state index contributed by atoms with van der Waals surface area (Å²) >= 11 is 0. The molecule has 0 unspecified atom stereocenters. The lowest BCUT2D eigenvalue weighted by molar-refractivity contribution is 0.0812. The second-order valence-corrected chi connectivity index (χ2v) is 6.66. The van der Waals surface area contributed by atoms with E-state index in [4.69, 9.17) is 5.73 Å². The standard InChI is InChI=1S/C19H24FN3O2/c20-17-11-15(12-22-19(17)25)13-1-3-14(4-2-13)18(21)7-10-23-8-5-16(24)6-9-23/h1-4,11-12,16,18,24H,5-10,21H2,(H,22,25)/t18-/m1/s1. The van der Waals surface area contributed by atoms with Crippen molar-refractivity contribution in [2.24, 2.45) is 5.73 Å². The predicted octanol–water partition coefficient (Wildman–Crippen LogP) is 2.03. The Labute approximate surface area is 146 Å². The number of aromatic nitrogens is 1. The number of benzene rings is 1. The highest BCUT2D eigenvalue weighted by Crippen LogP contribution is 2.22. The Balaban J connectivity index is 1.59. The molecule has 0 aliphatic carbocycles. The van der Waals surface area contributed by atoms with Crippen LogP contribution in [0.15, 0.2) is 41.3 Å². The zero-order valence-corrected chi connectivity index (χ0v) is 14.1. The van der Waals surface area contributed by atoms with Gasteiger partial charge in [-0.25, -0.2) is 4.39 Å². The number of nitrogens with one attached hydrogen (secondary N) is 1.